The van der Waals surface area contributed by atoms with E-state index in [0.717, 1.165) is 16.0 Å². The summed E-state index contributed by atoms with van der Waals surface area (Å²) in [5.74, 6) is 0.494. The van der Waals surface area contributed by atoms with E-state index in [1.54, 1.807) is 41.0 Å². The van der Waals surface area contributed by atoms with Gasteiger partial charge in [0.25, 0.3) is 5.91 Å². The molecule has 0 aliphatic carbocycles. The molecule has 0 spiro atoms. The highest BCUT2D eigenvalue weighted by atomic mass is 32.1. The predicted molar refractivity (Wildman–Crippen MR) is 107 cm³/mol. The van der Waals surface area contributed by atoms with E-state index >= 15 is 0 Å². The van der Waals surface area contributed by atoms with Crippen molar-refractivity contribution in [2.24, 2.45) is 0 Å². The fourth-order valence-electron chi connectivity index (χ4n) is 2.86. The maximum absolute atomic E-state index is 12.9. The average molecular weight is 394 g/mol. The zero-order chi connectivity index (χ0) is 19.5. The van der Waals surface area contributed by atoms with Crippen LogP contribution in [0, 0.1) is 0 Å². The summed E-state index contributed by atoms with van der Waals surface area (Å²) in [6, 6.07) is 14.8. The summed E-state index contributed by atoms with van der Waals surface area (Å²) < 4.78 is 6.99. The maximum atomic E-state index is 12.9. The van der Waals surface area contributed by atoms with Crippen LogP contribution in [0.25, 0.3) is 11.0 Å². The second-order valence-electron chi connectivity index (χ2n) is 6.00. The van der Waals surface area contributed by atoms with Crippen LogP contribution < -0.4 is 9.64 Å². The van der Waals surface area contributed by atoms with Crippen LogP contribution in [0.2, 0.25) is 0 Å². The number of aromatic nitrogens is 5. The van der Waals surface area contributed by atoms with Gasteiger partial charge in [-0.2, -0.15) is 0 Å². The number of para-hydroxylation sites is 1. The van der Waals surface area contributed by atoms with Crippen LogP contribution >= 0.6 is 11.3 Å². The van der Waals surface area contributed by atoms with Gasteiger partial charge in [-0.05, 0) is 37.3 Å². The Hall–Kier alpha value is -3.33. The van der Waals surface area contributed by atoms with Gasteiger partial charge in [0, 0.05) is 12.1 Å². The summed E-state index contributed by atoms with van der Waals surface area (Å²) in [5, 5.41) is 18.1. The van der Waals surface area contributed by atoms with Crippen molar-refractivity contribution < 1.29 is 9.53 Å². The second-order valence-corrected chi connectivity index (χ2v) is 7.04. The lowest BCUT2D eigenvalue weighted by atomic mass is 10.2. The van der Waals surface area contributed by atoms with Crippen molar-refractivity contribution in [1.82, 2.24) is 25.2 Å². The zero-order valence-corrected chi connectivity index (χ0v) is 16.3. The van der Waals surface area contributed by atoms with Crippen molar-refractivity contribution >= 4 is 33.4 Å². The highest BCUT2D eigenvalue weighted by Gasteiger charge is 2.21. The van der Waals surface area contributed by atoms with Gasteiger partial charge < -0.3 is 4.74 Å². The van der Waals surface area contributed by atoms with Crippen LogP contribution in [0.15, 0.2) is 48.5 Å². The van der Waals surface area contributed by atoms with Crippen molar-refractivity contribution in [3.05, 3.63) is 59.1 Å². The molecule has 142 valence electrons. The molecule has 0 radical (unpaired) electrons. The number of rotatable bonds is 6. The van der Waals surface area contributed by atoms with Gasteiger partial charge in [0.05, 0.1) is 19.2 Å². The molecule has 4 aromatic rings. The Kier molecular flexibility index (Phi) is 4.98. The fraction of sp³-hybridized carbons (Fsp3) is 0.211. The Labute approximate surface area is 165 Å². The topological polar surface area (TPSA) is 86.0 Å². The number of anilines is 1. The SMILES string of the molecule is CCN(C(=O)c1cccc(OC)c1)c1nnc(Cn2nnc3ccccc32)s1. The lowest BCUT2D eigenvalue weighted by Crippen LogP contribution is -2.30. The number of hydrogen-bond acceptors (Lipinski definition) is 7. The van der Waals surface area contributed by atoms with Crippen molar-refractivity contribution in [2.75, 3.05) is 18.6 Å². The van der Waals surface area contributed by atoms with Gasteiger partial charge in [-0.15, -0.1) is 15.3 Å². The number of benzene rings is 2. The predicted octanol–water partition coefficient (Wildman–Crippen LogP) is 3.01. The molecule has 2 aromatic carbocycles. The molecular weight excluding hydrogens is 376 g/mol. The van der Waals surface area contributed by atoms with Crippen LogP contribution in [0.1, 0.15) is 22.3 Å². The van der Waals surface area contributed by atoms with Crippen molar-refractivity contribution in [3.63, 3.8) is 0 Å². The third-order valence-corrected chi connectivity index (χ3v) is 5.20. The van der Waals surface area contributed by atoms with Crippen LogP contribution in [0.5, 0.6) is 5.75 Å². The Morgan fingerprint density at radius 3 is 2.82 bits per heavy atom. The van der Waals surface area contributed by atoms with E-state index in [1.807, 2.05) is 31.2 Å². The molecule has 8 nitrogen and oxygen atoms in total. The molecular formula is C19H18N6O2S. The average Bonchev–Trinajstić information content (AvgIpc) is 3.36. The molecule has 0 aliphatic rings. The molecule has 0 unspecified atom stereocenters. The van der Waals surface area contributed by atoms with Crippen LogP contribution in [0.3, 0.4) is 0 Å². The highest BCUT2D eigenvalue weighted by Crippen LogP contribution is 2.24. The Bertz CT molecular complexity index is 1120. The standard InChI is InChI=1S/C19H18N6O2S/c1-3-24(18(26)13-7-6-8-14(11-13)27-2)19-22-21-17(28-19)12-25-16-10-5-4-9-15(16)20-23-25/h4-11H,3,12H2,1-2H3. The number of carbonyl (C=O) groups excluding carboxylic acids is 1. The van der Waals surface area contributed by atoms with E-state index in [0.29, 0.717) is 29.5 Å². The Morgan fingerprint density at radius 1 is 1.14 bits per heavy atom. The summed E-state index contributed by atoms with van der Waals surface area (Å²) >= 11 is 1.37. The van der Waals surface area contributed by atoms with Crippen LogP contribution in [-0.4, -0.2) is 44.8 Å². The molecule has 0 saturated carbocycles. The normalized spacial score (nSPS) is 10.9. The quantitative estimate of drug-likeness (QED) is 0.500. The fourth-order valence-corrected chi connectivity index (χ4v) is 3.74. The number of methoxy groups -OCH3 is 1. The molecule has 0 aliphatic heterocycles. The van der Waals surface area contributed by atoms with E-state index in [1.165, 1.54) is 11.3 Å². The first-order valence-corrected chi connectivity index (χ1v) is 9.57. The van der Waals surface area contributed by atoms with Crippen molar-refractivity contribution in [1.29, 1.82) is 0 Å². The van der Waals surface area contributed by atoms with Crippen molar-refractivity contribution in [2.45, 2.75) is 13.5 Å². The Balaban J connectivity index is 1.57. The molecule has 0 saturated heterocycles. The highest BCUT2D eigenvalue weighted by molar-refractivity contribution is 7.15. The van der Waals surface area contributed by atoms with Crippen LogP contribution in [0.4, 0.5) is 5.13 Å². The number of carbonyl (C=O) groups is 1. The minimum absolute atomic E-state index is 0.143. The molecule has 1 amide bonds. The summed E-state index contributed by atoms with van der Waals surface area (Å²) in [6.45, 7) is 2.84. The molecule has 0 bridgehead atoms. The van der Waals surface area contributed by atoms with E-state index in [9.17, 15) is 4.79 Å². The third-order valence-electron chi connectivity index (χ3n) is 4.27. The van der Waals surface area contributed by atoms with Gasteiger partial charge in [0.1, 0.15) is 16.3 Å². The van der Waals surface area contributed by atoms with E-state index in [-0.39, 0.29) is 5.91 Å². The number of hydrogen-bond donors (Lipinski definition) is 0. The summed E-state index contributed by atoms with van der Waals surface area (Å²) in [4.78, 5) is 14.5. The van der Waals surface area contributed by atoms with Gasteiger partial charge in [0.2, 0.25) is 5.13 Å². The summed E-state index contributed by atoms with van der Waals surface area (Å²) in [7, 11) is 1.58. The molecule has 4 rings (SSSR count). The first-order valence-electron chi connectivity index (χ1n) is 8.76. The maximum Gasteiger partial charge on any atom is 0.260 e. The summed E-state index contributed by atoms with van der Waals surface area (Å²) in [6.07, 6.45) is 0. The minimum Gasteiger partial charge on any atom is -0.497 e. The van der Waals surface area contributed by atoms with Crippen molar-refractivity contribution in [3.8, 4) is 5.75 Å². The molecule has 9 heteroatoms. The van der Waals surface area contributed by atoms with Gasteiger partial charge in [-0.1, -0.05) is 34.7 Å². The Morgan fingerprint density at radius 2 is 2.00 bits per heavy atom. The lowest BCUT2D eigenvalue weighted by molar-refractivity contribution is 0.0988. The molecule has 28 heavy (non-hydrogen) atoms. The largest absolute Gasteiger partial charge is 0.497 e. The molecule has 2 aromatic heterocycles. The number of ether oxygens (including phenoxy) is 1. The smallest absolute Gasteiger partial charge is 0.260 e. The van der Waals surface area contributed by atoms with Gasteiger partial charge >= 0.3 is 0 Å². The molecule has 2 heterocycles. The molecule has 0 N–H and O–H groups in total. The first kappa shape index (κ1) is 18.1. The molecule has 0 atom stereocenters. The van der Waals surface area contributed by atoms with Gasteiger partial charge in [-0.3, -0.25) is 9.69 Å². The van der Waals surface area contributed by atoms with E-state index < -0.39 is 0 Å². The number of fused-ring (bicyclic) bond motifs is 1. The minimum atomic E-state index is -0.143. The first-order chi connectivity index (χ1) is 13.7. The van der Waals surface area contributed by atoms with E-state index in [2.05, 4.69) is 20.5 Å². The number of nitrogens with zero attached hydrogens (tertiary/aromatic N) is 6. The summed E-state index contributed by atoms with van der Waals surface area (Å²) in [5.41, 5.74) is 2.30. The van der Waals surface area contributed by atoms with E-state index in [4.69, 9.17) is 4.74 Å². The lowest BCUT2D eigenvalue weighted by Gasteiger charge is -2.17. The van der Waals surface area contributed by atoms with Gasteiger partial charge in [-0.25, -0.2) is 4.68 Å². The van der Waals surface area contributed by atoms with Crippen LogP contribution in [-0.2, 0) is 6.54 Å². The second kappa shape index (κ2) is 7.73. The van der Waals surface area contributed by atoms with Gasteiger partial charge in [0.15, 0.2) is 0 Å². The third kappa shape index (κ3) is 3.44. The monoisotopic (exact) mass is 394 g/mol. The zero-order valence-electron chi connectivity index (χ0n) is 15.4. The number of amides is 1. The molecule has 0 fully saturated rings.